The molecule has 166 valence electrons. The Hall–Kier alpha value is -0.570. The predicted molar refractivity (Wildman–Crippen MR) is 129 cm³/mol. The molecular formula is C22H40IN5O. The molecule has 6 nitrogen and oxygen atoms in total. The lowest BCUT2D eigenvalue weighted by molar-refractivity contribution is -0.135. The minimum atomic E-state index is 0. The number of hydrogen-bond donors (Lipinski definition) is 2. The fourth-order valence-corrected chi connectivity index (χ4v) is 4.89. The molecule has 4 rings (SSSR count). The molecule has 2 N–H and O–H groups in total. The summed E-state index contributed by atoms with van der Waals surface area (Å²) in [5.41, 5.74) is 0. The summed E-state index contributed by atoms with van der Waals surface area (Å²) >= 11 is 0. The molecule has 4 aliphatic rings. The van der Waals surface area contributed by atoms with Gasteiger partial charge in [-0.15, -0.1) is 24.0 Å². The van der Waals surface area contributed by atoms with Crippen molar-refractivity contribution in [2.24, 2.45) is 16.8 Å². The average molecular weight is 518 g/mol. The van der Waals surface area contributed by atoms with Gasteiger partial charge in [0.2, 0.25) is 5.91 Å². The molecule has 3 saturated carbocycles. The third-order valence-electron chi connectivity index (χ3n) is 6.96. The summed E-state index contributed by atoms with van der Waals surface area (Å²) in [4.78, 5) is 21.9. The molecule has 0 aromatic rings. The Morgan fingerprint density at radius 2 is 1.83 bits per heavy atom. The van der Waals surface area contributed by atoms with Crippen LogP contribution in [0.5, 0.6) is 0 Å². The summed E-state index contributed by atoms with van der Waals surface area (Å²) in [6, 6.07) is 1.16. The van der Waals surface area contributed by atoms with E-state index in [1.54, 1.807) is 0 Å². The zero-order valence-electron chi connectivity index (χ0n) is 18.1. The molecule has 3 aliphatic carbocycles. The van der Waals surface area contributed by atoms with Crippen molar-refractivity contribution in [3.63, 3.8) is 0 Å². The summed E-state index contributed by atoms with van der Waals surface area (Å²) in [6.45, 7) is 5.06. The first-order chi connectivity index (χ1) is 13.7. The molecule has 7 heteroatoms. The predicted octanol–water partition coefficient (Wildman–Crippen LogP) is 2.83. The first kappa shape index (κ1) is 23.1. The molecule has 0 spiro atoms. The number of nitrogens with one attached hydrogen (secondary N) is 2. The molecule has 4 fully saturated rings. The van der Waals surface area contributed by atoms with Gasteiger partial charge in [-0.1, -0.05) is 19.3 Å². The smallest absolute Gasteiger partial charge is 0.225 e. The first-order valence-electron chi connectivity index (χ1n) is 11.7. The Morgan fingerprint density at radius 3 is 2.48 bits per heavy atom. The van der Waals surface area contributed by atoms with E-state index < -0.39 is 0 Å². The van der Waals surface area contributed by atoms with Crippen LogP contribution in [0.15, 0.2) is 4.99 Å². The van der Waals surface area contributed by atoms with Gasteiger partial charge in [-0.05, 0) is 50.9 Å². The summed E-state index contributed by atoms with van der Waals surface area (Å²) in [6.07, 6.45) is 12.6. The van der Waals surface area contributed by atoms with Gasteiger partial charge in [0.15, 0.2) is 5.96 Å². The van der Waals surface area contributed by atoms with Crippen LogP contribution < -0.4 is 10.6 Å². The van der Waals surface area contributed by atoms with Gasteiger partial charge in [0, 0.05) is 57.8 Å². The monoisotopic (exact) mass is 517 g/mol. The zero-order chi connectivity index (χ0) is 19.3. The van der Waals surface area contributed by atoms with Crippen LogP contribution in [0.1, 0.15) is 64.2 Å². The molecule has 0 radical (unpaired) electrons. The van der Waals surface area contributed by atoms with E-state index in [1.165, 1.54) is 51.5 Å². The van der Waals surface area contributed by atoms with E-state index in [-0.39, 0.29) is 29.9 Å². The first-order valence-corrected chi connectivity index (χ1v) is 11.7. The second-order valence-corrected chi connectivity index (χ2v) is 9.42. The number of amides is 1. The van der Waals surface area contributed by atoms with Crippen LogP contribution in [-0.2, 0) is 4.79 Å². The van der Waals surface area contributed by atoms with Crippen LogP contribution in [0.2, 0.25) is 0 Å². The zero-order valence-corrected chi connectivity index (χ0v) is 20.4. The second-order valence-electron chi connectivity index (χ2n) is 9.42. The maximum absolute atomic E-state index is 12.8. The van der Waals surface area contributed by atoms with Gasteiger partial charge in [-0.3, -0.25) is 14.7 Å². The van der Waals surface area contributed by atoms with Crippen molar-refractivity contribution in [1.82, 2.24) is 20.4 Å². The largest absolute Gasteiger partial charge is 0.355 e. The van der Waals surface area contributed by atoms with Gasteiger partial charge in [-0.2, -0.15) is 0 Å². The lowest BCUT2D eigenvalue weighted by Crippen LogP contribution is -2.47. The highest BCUT2D eigenvalue weighted by Gasteiger charge is 2.34. The molecule has 1 aliphatic heterocycles. The third kappa shape index (κ3) is 6.97. The van der Waals surface area contributed by atoms with Crippen molar-refractivity contribution >= 4 is 35.8 Å². The topological polar surface area (TPSA) is 60.0 Å². The molecule has 1 unspecified atom stereocenters. The van der Waals surface area contributed by atoms with Crippen LogP contribution in [0.25, 0.3) is 0 Å². The van der Waals surface area contributed by atoms with Gasteiger partial charge in [0.25, 0.3) is 0 Å². The standard InChI is InChI=1S/C22H39N5O.HI/c1-23-22(24-12-14-26(20-9-10-20)15-17-7-8-17)25-19-11-13-27(16-19)21(28)18-5-3-2-4-6-18;/h17-20H,2-16H2,1H3,(H2,23,24,25);1H. The van der Waals surface area contributed by atoms with Crippen molar-refractivity contribution in [2.45, 2.75) is 76.3 Å². The SMILES string of the molecule is CN=C(NCCN(CC1CC1)C1CC1)NC1CCN(C(=O)C2CCCCC2)C1.I. The Kier molecular flexibility index (Phi) is 8.89. The molecule has 1 amide bonds. The normalized spacial score (nSPS) is 25.8. The van der Waals surface area contributed by atoms with Gasteiger partial charge >= 0.3 is 0 Å². The number of halogens is 1. The average Bonchev–Trinajstić information content (AvgIpc) is 3.65. The summed E-state index contributed by atoms with van der Waals surface area (Å²) in [5, 5.41) is 7.06. The van der Waals surface area contributed by atoms with Crippen LogP contribution in [0, 0.1) is 11.8 Å². The number of guanidine groups is 1. The maximum atomic E-state index is 12.8. The fraction of sp³-hybridized carbons (Fsp3) is 0.909. The van der Waals surface area contributed by atoms with Crippen LogP contribution >= 0.6 is 24.0 Å². The number of hydrogen-bond acceptors (Lipinski definition) is 3. The van der Waals surface area contributed by atoms with E-state index >= 15 is 0 Å². The van der Waals surface area contributed by atoms with E-state index in [4.69, 9.17) is 0 Å². The number of nitrogens with zero attached hydrogens (tertiary/aromatic N) is 3. The van der Waals surface area contributed by atoms with Crippen molar-refractivity contribution in [3.8, 4) is 0 Å². The van der Waals surface area contributed by atoms with E-state index in [2.05, 4.69) is 25.4 Å². The molecule has 0 aromatic carbocycles. The highest BCUT2D eigenvalue weighted by molar-refractivity contribution is 14.0. The van der Waals surface area contributed by atoms with E-state index in [1.807, 2.05) is 7.05 Å². The molecule has 1 atom stereocenters. The maximum Gasteiger partial charge on any atom is 0.225 e. The van der Waals surface area contributed by atoms with Gasteiger partial charge < -0.3 is 15.5 Å². The van der Waals surface area contributed by atoms with Crippen LogP contribution in [0.3, 0.4) is 0 Å². The van der Waals surface area contributed by atoms with Crippen molar-refractivity contribution < 1.29 is 4.79 Å². The number of likely N-dealkylation sites (tertiary alicyclic amines) is 1. The van der Waals surface area contributed by atoms with Crippen molar-refractivity contribution in [2.75, 3.05) is 39.8 Å². The van der Waals surface area contributed by atoms with E-state index in [0.29, 0.717) is 11.9 Å². The Bertz CT molecular complexity index is 557. The number of carbonyl (C=O) groups is 1. The van der Waals surface area contributed by atoms with E-state index in [9.17, 15) is 4.79 Å². The molecule has 1 heterocycles. The Balaban J connectivity index is 0.00000240. The number of aliphatic imine (C=N–C) groups is 1. The third-order valence-corrected chi connectivity index (χ3v) is 6.96. The fourth-order valence-electron chi connectivity index (χ4n) is 4.89. The lowest BCUT2D eigenvalue weighted by Gasteiger charge is -2.26. The highest BCUT2D eigenvalue weighted by Crippen LogP contribution is 2.34. The minimum Gasteiger partial charge on any atom is -0.355 e. The summed E-state index contributed by atoms with van der Waals surface area (Å²) in [5.74, 6) is 2.53. The van der Waals surface area contributed by atoms with Gasteiger partial charge in [0.05, 0.1) is 0 Å². The van der Waals surface area contributed by atoms with E-state index in [0.717, 1.165) is 63.4 Å². The van der Waals surface area contributed by atoms with Crippen molar-refractivity contribution in [1.29, 1.82) is 0 Å². The molecule has 1 saturated heterocycles. The van der Waals surface area contributed by atoms with Crippen LogP contribution in [0.4, 0.5) is 0 Å². The van der Waals surface area contributed by atoms with Gasteiger partial charge in [0.1, 0.15) is 0 Å². The summed E-state index contributed by atoms with van der Waals surface area (Å²) in [7, 11) is 1.85. The Labute approximate surface area is 193 Å². The number of carbonyl (C=O) groups excluding carboxylic acids is 1. The molecule has 29 heavy (non-hydrogen) atoms. The summed E-state index contributed by atoms with van der Waals surface area (Å²) < 4.78 is 0. The van der Waals surface area contributed by atoms with Crippen LogP contribution in [-0.4, -0.2) is 73.5 Å². The molecular weight excluding hydrogens is 477 g/mol. The quantitative estimate of drug-likeness (QED) is 0.296. The minimum absolute atomic E-state index is 0. The van der Waals surface area contributed by atoms with Gasteiger partial charge in [-0.25, -0.2) is 0 Å². The second kappa shape index (κ2) is 11.2. The molecule has 0 aromatic heterocycles. The molecule has 0 bridgehead atoms. The lowest BCUT2D eigenvalue weighted by atomic mass is 9.88. The number of rotatable bonds is 8. The highest BCUT2D eigenvalue weighted by atomic mass is 127. The Morgan fingerprint density at radius 1 is 1.07 bits per heavy atom. The van der Waals surface area contributed by atoms with Crippen molar-refractivity contribution in [3.05, 3.63) is 0 Å².